The zero-order chi connectivity index (χ0) is 13.0. The van der Waals surface area contributed by atoms with Crippen LogP contribution in [-0.4, -0.2) is 17.1 Å². The molecule has 94 valence electrons. The molecule has 0 saturated carbocycles. The molecule has 0 saturated heterocycles. The molecule has 0 spiro atoms. The van der Waals surface area contributed by atoms with Crippen LogP contribution >= 0.6 is 11.6 Å². The van der Waals surface area contributed by atoms with E-state index in [-0.39, 0.29) is 6.04 Å². The van der Waals surface area contributed by atoms with Crippen LogP contribution in [0.15, 0.2) is 36.8 Å². The van der Waals surface area contributed by atoms with Crippen molar-refractivity contribution in [2.75, 3.05) is 7.11 Å². The maximum absolute atomic E-state index is 5.81. The van der Waals surface area contributed by atoms with Gasteiger partial charge >= 0.3 is 0 Å². The highest BCUT2D eigenvalue weighted by Gasteiger charge is 2.14. The number of hydrogen-bond donors (Lipinski definition) is 2. The van der Waals surface area contributed by atoms with Gasteiger partial charge in [0.2, 0.25) is 0 Å². The average Bonchev–Trinajstić information content (AvgIpc) is 2.42. The first-order chi connectivity index (χ1) is 8.74. The lowest BCUT2D eigenvalue weighted by Crippen LogP contribution is -2.29. The van der Waals surface area contributed by atoms with Gasteiger partial charge in [0.25, 0.3) is 0 Å². The minimum absolute atomic E-state index is 0.259. The van der Waals surface area contributed by atoms with Gasteiger partial charge in [0.15, 0.2) is 0 Å². The van der Waals surface area contributed by atoms with Crippen molar-refractivity contribution >= 4 is 11.6 Å². The van der Waals surface area contributed by atoms with Crippen LogP contribution in [0, 0.1) is 0 Å². The van der Waals surface area contributed by atoms with E-state index in [9.17, 15) is 0 Å². The SMILES string of the molecule is COc1cncc(C(NN)c2ccc(Cl)cn2)c1. The number of ether oxygens (including phenoxy) is 1. The Morgan fingerprint density at radius 2 is 2.17 bits per heavy atom. The van der Waals surface area contributed by atoms with E-state index in [4.69, 9.17) is 22.2 Å². The number of nitrogens with two attached hydrogens (primary N) is 1. The van der Waals surface area contributed by atoms with E-state index in [1.54, 1.807) is 31.8 Å². The summed E-state index contributed by atoms with van der Waals surface area (Å²) in [5.41, 5.74) is 4.33. The normalized spacial score (nSPS) is 12.2. The number of nitrogens with zero attached hydrogens (tertiary/aromatic N) is 2. The molecule has 2 aromatic rings. The van der Waals surface area contributed by atoms with Crippen LogP contribution < -0.4 is 16.0 Å². The highest BCUT2D eigenvalue weighted by atomic mass is 35.5. The largest absolute Gasteiger partial charge is 0.495 e. The Bertz CT molecular complexity index is 518. The fourth-order valence-electron chi connectivity index (χ4n) is 1.62. The third-order valence-corrected chi connectivity index (χ3v) is 2.74. The van der Waals surface area contributed by atoms with Crippen LogP contribution in [0.25, 0.3) is 0 Å². The van der Waals surface area contributed by atoms with E-state index in [0.717, 1.165) is 11.3 Å². The molecule has 0 bridgehead atoms. The number of aromatic nitrogens is 2. The summed E-state index contributed by atoms with van der Waals surface area (Å²) >= 11 is 5.81. The summed E-state index contributed by atoms with van der Waals surface area (Å²) in [6.45, 7) is 0. The van der Waals surface area contributed by atoms with Crippen molar-refractivity contribution in [3.8, 4) is 5.75 Å². The van der Waals surface area contributed by atoms with Crippen molar-refractivity contribution in [2.45, 2.75) is 6.04 Å². The molecular weight excluding hydrogens is 252 g/mol. The van der Waals surface area contributed by atoms with Crippen molar-refractivity contribution in [3.63, 3.8) is 0 Å². The lowest BCUT2D eigenvalue weighted by Gasteiger charge is -2.16. The predicted molar refractivity (Wildman–Crippen MR) is 69.2 cm³/mol. The lowest BCUT2D eigenvalue weighted by atomic mass is 10.1. The second kappa shape index (κ2) is 5.77. The molecular formula is C12H13ClN4O. The van der Waals surface area contributed by atoms with Gasteiger partial charge in [-0.3, -0.25) is 15.8 Å². The summed E-state index contributed by atoms with van der Waals surface area (Å²) < 4.78 is 5.13. The lowest BCUT2D eigenvalue weighted by molar-refractivity contribution is 0.411. The number of hydrazine groups is 1. The van der Waals surface area contributed by atoms with Crippen LogP contribution in [0.4, 0.5) is 0 Å². The van der Waals surface area contributed by atoms with Gasteiger partial charge in [0.1, 0.15) is 5.75 Å². The van der Waals surface area contributed by atoms with E-state index < -0.39 is 0 Å². The van der Waals surface area contributed by atoms with Crippen LogP contribution in [0.1, 0.15) is 17.3 Å². The van der Waals surface area contributed by atoms with Crippen molar-refractivity contribution in [1.29, 1.82) is 0 Å². The summed E-state index contributed by atoms with van der Waals surface area (Å²) in [7, 11) is 1.59. The number of pyridine rings is 2. The molecule has 0 amide bonds. The fraction of sp³-hybridized carbons (Fsp3) is 0.167. The smallest absolute Gasteiger partial charge is 0.137 e. The van der Waals surface area contributed by atoms with Gasteiger partial charge < -0.3 is 4.74 Å². The monoisotopic (exact) mass is 264 g/mol. The molecule has 6 heteroatoms. The van der Waals surface area contributed by atoms with Crippen LogP contribution in [0.5, 0.6) is 5.75 Å². The number of halogens is 1. The van der Waals surface area contributed by atoms with E-state index >= 15 is 0 Å². The summed E-state index contributed by atoms with van der Waals surface area (Å²) in [6, 6.07) is 5.17. The molecule has 0 fully saturated rings. The Morgan fingerprint density at radius 1 is 1.33 bits per heavy atom. The standard InChI is InChI=1S/C12H13ClN4O/c1-18-10-4-8(5-15-7-10)12(17-14)11-3-2-9(13)6-16-11/h2-7,12,17H,14H2,1H3. The maximum atomic E-state index is 5.81. The Balaban J connectivity index is 2.35. The number of hydrogen-bond acceptors (Lipinski definition) is 5. The molecule has 2 aromatic heterocycles. The minimum atomic E-state index is -0.259. The number of methoxy groups -OCH3 is 1. The topological polar surface area (TPSA) is 73.1 Å². The summed E-state index contributed by atoms with van der Waals surface area (Å²) in [5, 5.41) is 0.582. The van der Waals surface area contributed by atoms with Gasteiger partial charge in [-0.15, -0.1) is 0 Å². The Labute approximate surface area is 110 Å². The highest BCUT2D eigenvalue weighted by Crippen LogP contribution is 2.22. The molecule has 5 nitrogen and oxygen atoms in total. The van der Waals surface area contributed by atoms with E-state index in [0.29, 0.717) is 10.8 Å². The molecule has 0 aliphatic carbocycles. The second-order valence-corrected chi connectivity index (χ2v) is 4.10. The van der Waals surface area contributed by atoms with E-state index in [1.807, 2.05) is 12.1 Å². The molecule has 1 unspecified atom stereocenters. The Hall–Kier alpha value is -1.69. The zero-order valence-electron chi connectivity index (χ0n) is 9.80. The molecule has 0 aliphatic rings. The fourth-order valence-corrected chi connectivity index (χ4v) is 1.73. The van der Waals surface area contributed by atoms with Crippen LogP contribution in [0.2, 0.25) is 5.02 Å². The summed E-state index contributed by atoms with van der Waals surface area (Å²) in [4.78, 5) is 8.33. The highest BCUT2D eigenvalue weighted by molar-refractivity contribution is 6.30. The molecule has 3 N–H and O–H groups in total. The first-order valence-electron chi connectivity index (χ1n) is 5.31. The quantitative estimate of drug-likeness (QED) is 0.649. The predicted octanol–water partition coefficient (Wildman–Crippen LogP) is 1.69. The molecule has 0 radical (unpaired) electrons. The molecule has 2 heterocycles. The zero-order valence-corrected chi connectivity index (χ0v) is 10.6. The summed E-state index contributed by atoms with van der Waals surface area (Å²) in [6.07, 6.45) is 4.92. The number of rotatable bonds is 4. The van der Waals surface area contributed by atoms with Gasteiger partial charge in [-0.2, -0.15) is 0 Å². The maximum Gasteiger partial charge on any atom is 0.137 e. The molecule has 1 atom stereocenters. The molecule has 0 aliphatic heterocycles. The van der Waals surface area contributed by atoms with Gasteiger partial charge in [-0.05, 0) is 23.8 Å². The van der Waals surface area contributed by atoms with Crippen molar-refractivity contribution in [3.05, 3.63) is 53.1 Å². The Morgan fingerprint density at radius 3 is 2.78 bits per heavy atom. The minimum Gasteiger partial charge on any atom is -0.495 e. The third kappa shape index (κ3) is 2.76. The first-order valence-corrected chi connectivity index (χ1v) is 5.69. The molecule has 2 rings (SSSR count). The summed E-state index contributed by atoms with van der Waals surface area (Å²) in [5.74, 6) is 6.24. The van der Waals surface area contributed by atoms with Crippen molar-refractivity contribution in [2.24, 2.45) is 5.84 Å². The van der Waals surface area contributed by atoms with Gasteiger partial charge in [0.05, 0.1) is 30.1 Å². The Kier molecular flexibility index (Phi) is 4.09. The van der Waals surface area contributed by atoms with Crippen LogP contribution in [0.3, 0.4) is 0 Å². The molecule has 0 aromatic carbocycles. The number of nitrogens with one attached hydrogen (secondary N) is 1. The van der Waals surface area contributed by atoms with Crippen molar-refractivity contribution in [1.82, 2.24) is 15.4 Å². The van der Waals surface area contributed by atoms with E-state index in [2.05, 4.69) is 15.4 Å². The van der Waals surface area contributed by atoms with Gasteiger partial charge in [-0.1, -0.05) is 11.6 Å². The van der Waals surface area contributed by atoms with E-state index in [1.165, 1.54) is 0 Å². The van der Waals surface area contributed by atoms with Crippen LogP contribution in [-0.2, 0) is 0 Å². The second-order valence-electron chi connectivity index (χ2n) is 3.66. The third-order valence-electron chi connectivity index (χ3n) is 2.52. The van der Waals surface area contributed by atoms with Gasteiger partial charge in [0, 0.05) is 12.4 Å². The first kappa shape index (κ1) is 12.8. The van der Waals surface area contributed by atoms with Crippen molar-refractivity contribution < 1.29 is 4.74 Å². The molecule has 18 heavy (non-hydrogen) atoms. The van der Waals surface area contributed by atoms with Gasteiger partial charge in [-0.25, -0.2) is 5.43 Å². The average molecular weight is 265 g/mol.